The van der Waals surface area contributed by atoms with E-state index < -0.39 is 7.60 Å². The minimum atomic E-state index is -2.90. The molecule has 0 aromatic rings. The molecule has 18 heavy (non-hydrogen) atoms. The van der Waals surface area contributed by atoms with Gasteiger partial charge in [-0.05, 0) is 43.4 Å². The predicted molar refractivity (Wildman–Crippen MR) is 75.9 cm³/mol. The summed E-state index contributed by atoms with van der Waals surface area (Å²) in [4.78, 5) is 0. The molecule has 4 unspecified atom stereocenters. The standard InChI is InChI=1S/C14H29O3P/c1-7-16-18(15,17-8-2)9-14-12(5)10(3)11(4)13(14)6/h10-14H,7-9H2,1-6H3. The second kappa shape index (κ2) is 6.54. The average molecular weight is 276 g/mol. The molecule has 0 spiro atoms. The Bertz CT molecular complexity index is 281. The lowest BCUT2D eigenvalue weighted by Crippen LogP contribution is -2.19. The van der Waals surface area contributed by atoms with E-state index in [-0.39, 0.29) is 0 Å². The molecule has 0 aromatic carbocycles. The van der Waals surface area contributed by atoms with Crippen LogP contribution in [-0.4, -0.2) is 19.4 Å². The molecule has 1 rings (SSSR count). The van der Waals surface area contributed by atoms with Crippen molar-refractivity contribution in [2.45, 2.75) is 41.5 Å². The second-order valence-corrected chi connectivity index (χ2v) is 7.83. The van der Waals surface area contributed by atoms with Crippen molar-refractivity contribution >= 4 is 7.60 Å². The van der Waals surface area contributed by atoms with Gasteiger partial charge in [-0.1, -0.05) is 27.7 Å². The molecule has 0 aliphatic heterocycles. The first-order valence-corrected chi connectivity index (χ1v) is 8.97. The highest BCUT2D eigenvalue weighted by atomic mass is 31.2. The maximum Gasteiger partial charge on any atom is 0.330 e. The van der Waals surface area contributed by atoms with Crippen molar-refractivity contribution in [3.8, 4) is 0 Å². The fourth-order valence-corrected chi connectivity index (χ4v) is 5.60. The van der Waals surface area contributed by atoms with Crippen molar-refractivity contribution in [1.82, 2.24) is 0 Å². The molecule has 1 saturated carbocycles. The van der Waals surface area contributed by atoms with Gasteiger partial charge in [0, 0.05) is 0 Å². The summed E-state index contributed by atoms with van der Waals surface area (Å²) in [6.07, 6.45) is 0.575. The summed E-state index contributed by atoms with van der Waals surface area (Å²) in [6, 6.07) is 0. The SMILES string of the molecule is CCOP(=O)(CC1C(C)C(C)C(C)C1C)OCC. The van der Waals surface area contributed by atoms with Gasteiger partial charge in [0.05, 0.1) is 19.4 Å². The average Bonchev–Trinajstić information content (AvgIpc) is 2.48. The summed E-state index contributed by atoms with van der Waals surface area (Å²) in [5.41, 5.74) is 0. The molecule has 0 heterocycles. The lowest BCUT2D eigenvalue weighted by molar-refractivity contribution is 0.207. The predicted octanol–water partition coefficient (Wildman–Crippen LogP) is 4.43. The molecule has 108 valence electrons. The van der Waals surface area contributed by atoms with Crippen LogP contribution in [0.2, 0.25) is 0 Å². The highest BCUT2D eigenvalue weighted by Crippen LogP contribution is 2.56. The third-order valence-electron chi connectivity index (χ3n) is 4.92. The summed E-state index contributed by atoms with van der Waals surface area (Å²) < 4.78 is 23.5. The van der Waals surface area contributed by atoms with Crippen molar-refractivity contribution in [2.24, 2.45) is 29.6 Å². The number of hydrogen-bond donors (Lipinski definition) is 0. The van der Waals surface area contributed by atoms with Gasteiger partial charge < -0.3 is 9.05 Å². The zero-order valence-corrected chi connectivity index (χ0v) is 13.6. The fraction of sp³-hybridized carbons (Fsp3) is 1.00. The Balaban J connectivity index is 2.78. The Morgan fingerprint density at radius 3 is 1.56 bits per heavy atom. The minimum absolute atomic E-state index is 0.443. The Hall–Kier alpha value is 0.150. The first kappa shape index (κ1) is 16.2. The van der Waals surface area contributed by atoms with Crippen LogP contribution in [0.25, 0.3) is 0 Å². The molecule has 0 radical (unpaired) electrons. The molecule has 0 saturated heterocycles. The lowest BCUT2D eigenvalue weighted by atomic mass is 9.91. The van der Waals surface area contributed by atoms with E-state index in [9.17, 15) is 4.57 Å². The van der Waals surface area contributed by atoms with Crippen molar-refractivity contribution in [3.05, 3.63) is 0 Å². The van der Waals surface area contributed by atoms with Gasteiger partial charge in [0.1, 0.15) is 0 Å². The molecule has 3 nitrogen and oxygen atoms in total. The molecule has 4 atom stereocenters. The van der Waals surface area contributed by atoms with Crippen LogP contribution in [0.3, 0.4) is 0 Å². The first-order chi connectivity index (χ1) is 8.36. The van der Waals surface area contributed by atoms with Gasteiger partial charge in [-0.2, -0.15) is 0 Å². The molecule has 1 fully saturated rings. The topological polar surface area (TPSA) is 35.5 Å². The Morgan fingerprint density at radius 1 is 0.833 bits per heavy atom. The lowest BCUT2D eigenvalue weighted by Gasteiger charge is -2.26. The van der Waals surface area contributed by atoms with Gasteiger partial charge in [0.15, 0.2) is 0 Å². The van der Waals surface area contributed by atoms with Crippen LogP contribution in [0.1, 0.15) is 41.5 Å². The van der Waals surface area contributed by atoms with Gasteiger partial charge >= 0.3 is 7.60 Å². The van der Waals surface area contributed by atoms with Crippen LogP contribution in [-0.2, 0) is 13.6 Å². The Kier molecular flexibility index (Phi) is 5.89. The van der Waals surface area contributed by atoms with E-state index in [4.69, 9.17) is 9.05 Å². The van der Waals surface area contributed by atoms with Crippen LogP contribution in [0.15, 0.2) is 0 Å². The van der Waals surface area contributed by atoms with Crippen LogP contribution < -0.4 is 0 Å². The first-order valence-electron chi connectivity index (χ1n) is 7.24. The second-order valence-electron chi connectivity index (χ2n) is 5.73. The van der Waals surface area contributed by atoms with E-state index in [1.165, 1.54) is 0 Å². The van der Waals surface area contributed by atoms with Crippen molar-refractivity contribution in [1.29, 1.82) is 0 Å². The van der Waals surface area contributed by atoms with E-state index in [1.54, 1.807) is 0 Å². The minimum Gasteiger partial charge on any atom is -0.309 e. The summed E-state index contributed by atoms with van der Waals surface area (Å²) in [5.74, 6) is 2.98. The van der Waals surface area contributed by atoms with Gasteiger partial charge in [0.25, 0.3) is 0 Å². The molecule has 0 bridgehead atoms. The zero-order valence-electron chi connectivity index (χ0n) is 12.7. The Morgan fingerprint density at radius 2 is 1.22 bits per heavy atom. The third kappa shape index (κ3) is 3.37. The van der Waals surface area contributed by atoms with Crippen molar-refractivity contribution < 1.29 is 13.6 Å². The zero-order chi connectivity index (χ0) is 13.9. The largest absolute Gasteiger partial charge is 0.330 e. The van der Waals surface area contributed by atoms with E-state index in [2.05, 4.69) is 27.7 Å². The highest BCUT2D eigenvalue weighted by Gasteiger charge is 2.45. The smallest absolute Gasteiger partial charge is 0.309 e. The van der Waals surface area contributed by atoms with Gasteiger partial charge in [0.2, 0.25) is 0 Å². The van der Waals surface area contributed by atoms with Crippen LogP contribution in [0.4, 0.5) is 0 Å². The van der Waals surface area contributed by atoms with Crippen LogP contribution >= 0.6 is 7.60 Å². The quantitative estimate of drug-likeness (QED) is 0.673. The summed E-state index contributed by atoms with van der Waals surface area (Å²) >= 11 is 0. The molecular formula is C14H29O3P. The molecule has 4 heteroatoms. The molecule has 0 N–H and O–H groups in total. The highest BCUT2D eigenvalue weighted by molar-refractivity contribution is 7.53. The molecular weight excluding hydrogens is 247 g/mol. The van der Waals surface area contributed by atoms with Crippen LogP contribution in [0, 0.1) is 29.6 Å². The van der Waals surface area contributed by atoms with Gasteiger partial charge in [-0.25, -0.2) is 0 Å². The van der Waals surface area contributed by atoms with Crippen molar-refractivity contribution in [3.63, 3.8) is 0 Å². The van der Waals surface area contributed by atoms with E-state index in [0.717, 1.165) is 0 Å². The molecule has 1 aliphatic carbocycles. The Labute approximate surface area is 112 Å². The van der Waals surface area contributed by atoms with E-state index >= 15 is 0 Å². The van der Waals surface area contributed by atoms with Crippen molar-refractivity contribution in [2.75, 3.05) is 19.4 Å². The van der Waals surface area contributed by atoms with E-state index in [1.807, 2.05) is 13.8 Å². The maximum atomic E-state index is 12.6. The molecule has 0 amide bonds. The van der Waals surface area contributed by atoms with Gasteiger partial charge in [-0.15, -0.1) is 0 Å². The van der Waals surface area contributed by atoms with Gasteiger partial charge in [-0.3, -0.25) is 4.57 Å². The third-order valence-corrected chi connectivity index (χ3v) is 7.10. The summed E-state index contributed by atoms with van der Waals surface area (Å²) in [5, 5.41) is 0. The number of rotatable bonds is 6. The monoisotopic (exact) mass is 276 g/mol. The number of hydrogen-bond acceptors (Lipinski definition) is 3. The normalized spacial score (nSPS) is 37.1. The fourth-order valence-electron chi connectivity index (χ4n) is 3.34. The maximum absolute atomic E-state index is 12.6. The summed E-state index contributed by atoms with van der Waals surface area (Å²) in [6.45, 7) is 13.8. The van der Waals surface area contributed by atoms with E-state index in [0.29, 0.717) is 49.0 Å². The van der Waals surface area contributed by atoms with Crippen LogP contribution in [0.5, 0.6) is 0 Å². The summed E-state index contributed by atoms with van der Waals surface area (Å²) in [7, 11) is -2.90. The molecule has 1 aliphatic rings. The molecule has 0 aromatic heterocycles.